The molecule has 0 spiro atoms. The van der Waals surface area contributed by atoms with Crippen LogP contribution in [0.2, 0.25) is 0 Å². The van der Waals surface area contributed by atoms with Crippen molar-refractivity contribution < 1.29 is 48.3 Å². The molecule has 0 aliphatic heterocycles. The highest BCUT2D eigenvalue weighted by molar-refractivity contribution is 5.21. The minimum Gasteiger partial charge on any atom is -0.219 e. The topological polar surface area (TPSA) is 0 Å². The number of allylic oxidation sites excluding steroid dienone is 1. The maximum Gasteiger partial charge on any atom is 0.435 e. The molecule has 3 radical (unpaired) electrons. The van der Waals surface area contributed by atoms with Crippen LogP contribution in [0.3, 0.4) is 0 Å². The van der Waals surface area contributed by atoms with Gasteiger partial charge in [-0.1, -0.05) is 0 Å². The zero-order valence-corrected chi connectivity index (χ0v) is 7.66. The minimum absolute atomic E-state index is 3.97. The van der Waals surface area contributed by atoms with E-state index in [4.69, 9.17) is 6.58 Å². The molecule has 0 N–H and O–H groups in total. The second kappa shape index (κ2) is 4.26. The molecule has 0 aromatic rings. The fourth-order valence-corrected chi connectivity index (χ4v) is 0.835. The van der Waals surface area contributed by atoms with Gasteiger partial charge in [-0.2, -0.15) is 39.5 Å². The van der Waals surface area contributed by atoms with E-state index in [1.165, 1.54) is 0 Å². The summed E-state index contributed by atoms with van der Waals surface area (Å²) in [4.78, 5) is 0. The van der Waals surface area contributed by atoms with E-state index in [-0.39, 0.29) is 0 Å². The van der Waals surface area contributed by atoms with Crippen LogP contribution < -0.4 is 0 Å². The Bertz CT molecular complexity index is 327. The van der Waals surface area contributed by atoms with Crippen molar-refractivity contribution in [1.82, 2.24) is 0 Å². The second-order valence-electron chi connectivity index (χ2n) is 2.88. The Morgan fingerprint density at radius 3 is 1.17 bits per heavy atom. The van der Waals surface area contributed by atoms with Crippen molar-refractivity contribution in [3.63, 3.8) is 0 Å². The van der Waals surface area contributed by atoms with Gasteiger partial charge >= 0.3 is 30.1 Å². The Labute approximate surface area is 92.1 Å². The van der Waals surface area contributed by atoms with E-state index in [0.29, 0.717) is 0 Å². The average Bonchev–Trinajstić information content (AvgIpc) is 2.13. The summed E-state index contributed by atoms with van der Waals surface area (Å²) in [5.74, 6) is -17.8. The van der Waals surface area contributed by atoms with Crippen LogP contribution in [0.25, 0.3) is 0 Å². The Kier molecular flexibility index (Phi) is 4.02. The van der Waals surface area contributed by atoms with Gasteiger partial charge in [-0.25, -0.2) is 8.78 Å². The molecule has 105 valence electrons. The monoisotopic (exact) mass is 293 g/mol. The highest BCUT2D eigenvalue weighted by Crippen LogP contribution is 2.59. The van der Waals surface area contributed by atoms with E-state index in [2.05, 4.69) is 0 Å². The first kappa shape index (κ1) is 17.0. The van der Waals surface area contributed by atoms with Crippen LogP contribution >= 0.6 is 0 Å². The van der Waals surface area contributed by atoms with Crippen LogP contribution in [-0.4, -0.2) is 23.7 Å². The second-order valence-corrected chi connectivity index (χ2v) is 2.88. The maximum atomic E-state index is 12.8. The first-order valence-electron chi connectivity index (χ1n) is 3.58. The van der Waals surface area contributed by atoms with Crippen LogP contribution in [0, 0.1) is 13.0 Å². The lowest BCUT2D eigenvalue weighted by Crippen LogP contribution is -2.67. The van der Waals surface area contributed by atoms with Gasteiger partial charge in [0.05, 0.1) is 0 Å². The predicted molar refractivity (Wildman–Crippen MR) is 33.1 cm³/mol. The van der Waals surface area contributed by atoms with E-state index in [0.717, 1.165) is 0 Å². The number of halogens is 11. The molecular formula is C7F11. The lowest BCUT2D eigenvalue weighted by atomic mass is 9.88. The summed E-state index contributed by atoms with van der Waals surface area (Å²) >= 11 is 0. The number of hydrogen-bond acceptors (Lipinski definition) is 0. The Hall–Kier alpha value is -1.03. The van der Waals surface area contributed by atoms with Gasteiger partial charge in [0.25, 0.3) is 0 Å². The average molecular weight is 293 g/mol. The molecule has 0 rings (SSSR count). The molecule has 18 heavy (non-hydrogen) atoms. The van der Waals surface area contributed by atoms with Gasteiger partial charge in [-0.3, -0.25) is 0 Å². The normalized spacial score (nSPS) is 17.8. The third kappa shape index (κ3) is 2.03. The van der Waals surface area contributed by atoms with Crippen molar-refractivity contribution in [1.29, 1.82) is 0 Å². The third-order valence-electron chi connectivity index (χ3n) is 1.77. The standard InChI is InChI=1S/C7F11/c1-2(8)4(11,12)6(15,7(16,17)18)5(13,14)3(9)10. The molecule has 0 aliphatic carbocycles. The van der Waals surface area contributed by atoms with Gasteiger partial charge < -0.3 is 0 Å². The molecule has 1 atom stereocenters. The summed E-state index contributed by atoms with van der Waals surface area (Å²) in [7, 11) is 0. The molecular weight excluding hydrogens is 293 g/mol. The quantitative estimate of drug-likeness (QED) is 0.684. The Morgan fingerprint density at radius 2 is 1.00 bits per heavy atom. The molecule has 0 saturated carbocycles. The summed E-state index contributed by atoms with van der Waals surface area (Å²) in [5.41, 5.74) is -7.28. The maximum absolute atomic E-state index is 12.8. The molecule has 0 aromatic heterocycles. The molecule has 0 amide bonds. The van der Waals surface area contributed by atoms with Gasteiger partial charge in [0.1, 0.15) is 0 Å². The van der Waals surface area contributed by atoms with Gasteiger partial charge in [-0.15, -0.1) is 0 Å². The first-order valence-corrected chi connectivity index (χ1v) is 3.58. The first-order chi connectivity index (χ1) is 7.64. The van der Waals surface area contributed by atoms with Gasteiger partial charge in [0, 0.05) is 6.58 Å². The van der Waals surface area contributed by atoms with Crippen molar-refractivity contribution >= 4 is 0 Å². The van der Waals surface area contributed by atoms with Crippen molar-refractivity contribution in [3.8, 4) is 0 Å². The van der Waals surface area contributed by atoms with Gasteiger partial charge in [0.15, 0.2) is 5.83 Å². The van der Waals surface area contributed by atoms with Crippen molar-refractivity contribution in [3.05, 3.63) is 18.8 Å². The number of rotatable bonds is 4. The fraction of sp³-hybridized carbons (Fsp3) is 0.571. The zero-order valence-electron chi connectivity index (χ0n) is 7.66. The van der Waals surface area contributed by atoms with Crippen LogP contribution in [0.5, 0.6) is 0 Å². The van der Waals surface area contributed by atoms with E-state index in [1.807, 2.05) is 0 Å². The van der Waals surface area contributed by atoms with Crippen LogP contribution in [-0.2, 0) is 0 Å². The van der Waals surface area contributed by atoms with Gasteiger partial charge in [-0.05, 0) is 0 Å². The Balaban J connectivity index is 6.18. The predicted octanol–water partition coefficient (Wildman–Crippen LogP) is 4.12. The minimum atomic E-state index is -7.28. The van der Waals surface area contributed by atoms with Crippen LogP contribution in [0.15, 0.2) is 5.83 Å². The third-order valence-corrected chi connectivity index (χ3v) is 1.77. The molecule has 0 heterocycles. The summed E-state index contributed by atoms with van der Waals surface area (Å²) < 4.78 is 133. The van der Waals surface area contributed by atoms with Gasteiger partial charge in [0.2, 0.25) is 0 Å². The molecule has 0 nitrogen and oxygen atoms in total. The van der Waals surface area contributed by atoms with Crippen molar-refractivity contribution in [2.75, 3.05) is 0 Å². The molecule has 0 fully saturated rings. The van der Waals surface area contributed by atoms with E-state index in [1.54, 1.807) is 0 Å². The lowest BCUT2D eigenvalue weighted by Gasteiger charge is -2.37. The largest absolute Gasteiger partial charge is 0.435 e. The zero-order chi connectivity index (χ0) is 15.2. The SMILES string of the molecule is [C]=C(F)C(F)(F)C(F)(C(F)(F)F)C(F)(F)[C](F)F. The highest BCUT2D eigenvalue weighted by atomic mass is 19.4. The van der Waals surface area contributed by atoms with Crippen LogP contribution in [0.1, 0.15) is 0 Å². The smallest absolute Gasteiger partial charge is 0.219 e. The fourth-order valence-electron chi connectivity index (χ4n) is 0.835. The Morgan fingerprint density at radius 1 is 0.667 bits per heavy atom. The molecule has 11 heteroatoms. The van der Waals surface area contributed by atoms with Crippen molar-refractivity contribution in [2.24, 2.45) is 0 Å². The number of hydrogen-bond donors (Lipinski definition) is 0. The summed E-state index contributed by atoms with van der Waals surface area (Å²) in [5, 5.41) is 0. The van der Waals surface area contributed by atoms with E-state index < -0.39 is 35.9 Å². The summed E-state index contributed by atoms with van der Waals surface area (Å²) in [6.45, 7) is 5.51. The van der Waals surface area contributed by atoms with E-state index >= 15 is 0 Å². The highest BCUT2D eigenvalue weighted by Gasteiger charge is 2.87. The molecule has 0 saturated heterocycles. The summed E-state index contributed by atoms with van der Waals surface area (Å²) in [6, 6.07) is 0. The molecule has 0 aliphatic rings. The van der Waals surface area contributed by atoms with E-state index in [9.17, 15) is 48.3 Å². The molecule has 0 bridgehead atoms. The number of alkyl halides is 8. The lowest BCUT2D eigenvalue weighted by molar-refractivity contribution is -0.365. The summed E-state index contributed by atoms with van der Waals surface area (Å²) in [6.07, 6.45) is -11.9. The van der Waals surface area contributed by atoms with Crippen molar-refractivity contribution in [2.45, 2.75) is 23.7 Å². The van der Waals surface area contributed by atoms with Crippen LogP contribution in [0.4, 0.5) is 48.3 Å². The molecule has 0 aromatic carbocycles. The molecule has 1 unspecified atom stereocenters.